The second-order valence-corrected chi connectivity index (χ2v) is 10.9. The van der Waals surface area contributed by atoms with Gasteiger partial charge in [0.25, 0.3) is 0 Å². The number of nitrogens with one attached hydrogen (secondary N) is 1. The van der Waals surface area contributed by atoms with Crippen molar-refractivity contribution in [2.75, 3.05) is 18.4 Å². The zero-order valence-electron chi connectivity index (χ0n) is 21.2. The molecule has 0 aliphatic carbocycles. The number of urea groups is 1. The summed E-state index contributed by atoms with van der Waals surface area (Å²) < 4.78 is 2.20. The van der Waals surface area contributed by atoms with E-state index >= 15 is 0 Å². The Morgan fingerprint density at radius 1 is 1.06 bits per heavy atom. The summed E-state index contributed by atoms with van der Waals surface area (Å²) in [6.45, 7) is 8.20. The standard InChI is InChI=1S/C29H35N5OS/c1-29(2,3)26(34(18-11-17-30)28(35)32-25-16-10-19-36-25)27-31-24(23-14-8-5-9-15-23)21-33(27)20-22-12-6-4-7-13-22/h4-10,12-16,19,21,26H,11,17-18,20,30H2,1-3H3,(H,32,35). The molecule has 0 radical (unpaired) electrons. The summed E-state index contributed by atoms with van der Waals surface area (Å²) in [5.74, 6) is 0.864. The van der Waals surface area contributed by atoms with Crippen molar-refractivity contribution in [3.8, 4) is 11.3 Å². The van der Waals surface area contributed by atoms with E-state index in [1.54, 1.807) is 0 Å². The molecule has 1 unspecified atom stereocenters. The topological polar surface area (TPSA) is 76.2 Å². The van der Waals surface area contributed by atoms with Crippen LogP contribution in [0.25, 0.3) is 11.3 Å². The first kappa shape index (κ1) is 25.7. The van der Waals surface area contributed by atoms with Crippen molar-refractivity contribution in [1.82, 2.24) is 14.5 Å². The third kappa shape index (κ3) is 6.22. The van der Waals surface area contributed by atoms with E-state index in [0.29, 0.717) is 26.1 Å². The smallest absolute Gasteiger partial charge is 0.323 e. The summed E-state index contributed by atoms with van der Waals surface area (Å²) in [7, 11) is 0. The van der Waals surface area contributed by atoms with E-state index in [4.69, 9.17) is 10.7 Å². The van der Waals surface area contributed by atoms with Crippen molar-refractivity contribution in [2.24, 2.45) is 11.1 Å². The number of anilines is 1. The Hall–Kier alpha value is -3.42. The Morgan fingerprint density at radius 2 is 1.75 bits per heavy atom. The Morgan fingerprint density at radius 3 is 2.36 bits per heavy atom. The van der Waals surface area contributed by atoms with Crippen molar-refractivity contribution in [3.05, 3.63) is 95.8 Å². The Bertz CT molecular complexity index is 1230. The molecule has 4 rings (SSSR count). The van der Waals surface area contributed by atoms with Crippen LogP contribution in [0.5, 0.6) is 0 Å². The van der Waals surface area contributed by atoms with E-state index in [0.717, 1.165) is 22.1 Å². The number of benzene rings is 2. The normalized spacial score (nSPS) is 12.3. The maximum absolute atomic E-state index is 13.7. The number of carbonyl (C=O) groups excluding carboxylic acids is 1. The molecule has 2 heterocycles. The molecule has 0 bridgehead atoms. The van der Waals surface area contributed by atoms with Gasteiger partial charge in [0.2, 0.25) is 0 Å². The van der Waals surface area contributed by atoms with Gasteiger partial charge in [0.05, 0.1) is 16.7 Å². The molecule has 0 aliphatic heterocycles. The van der Waals surface area contributed by atoms with Crippen LogP contribution in [0.4, 0.5) is 9.80 Å². The number of amides is 2. The van der Waals surface area contributed by atoms with Crippen LogP contribution in [0.15, 0.2) is 84.4 Å². The molecule has 7 heteroatoms. The molecule has 2 amide bonds. The highest BCUT2D eigenvalue weighted by Crippen LogP contribution is 2.39. The molecular formula is C29H35N5OS. The SMILES string of the molecule is CC(C)(C)C(c1nc(-c2ccccc2)cn1Cc1ccccc1)N(CCCN)C(=O)Nc1cccs1. The number of nitrogens with two attached hydrogens (primary N) is 1. The molecule has 0 saturated carbocycles. The van der Waals surface area contributed by atoms with E-state index in [-0.39, 0.29) is 17.5 Å². The van der Waals surface area contributed by atoms with E-state index < -0.39 is 0 Å². The number of hydrogen-bond donors (Lipinski definition) is 2. The van der Waals surface area contributed by atoms with Gasteiger partial charge in [0, 0.05) is 24.8 Å². The van der Waals surface area contributed by atoms with Crippen LogP contribution in [-0.2, 0) is 6.54 Å². The molecule has 2 aromatic heterocycles. The third-order valence-electron chi connectivity index (χ3n) is 6.06. The highest BCUT2D eigenvalue weighted by molar-refractivity contribution is 7.14. The minimum Gasteiger partial charge on any atom is -0.330 e. The Labute approximate surface area is 217 Å². The molecule has 0 aliphatic rings. The van der Waals surface area contributed by atoms with Gasteiger partial charge < -0.3 is 15.2 Å². The maximum atomic E-state index is 13.7. The number of imidazole rings is 1. The summed E-state index contributed by atoms with van der Waals surface area (Å²) in [4.78, 5) is 20.7. The van der Waals surface area contributed by atoms with E-state index in [1.165, 1.54) is 16.9 Å². The first-order valence-corrected chi connectivity index (χ1v) is 13.2. The van der Waals surface area contributed by atoms with Crippen molar-refractivity contribution >= 4 is 22.4 Å². The van der Waals surface area contributed by atoms with Crippen molar-refractivity contribution in [3.63, 3.8) is 0 Å². The Balaban J connectivity index is 1.81. The number of thiophene rings is 1. The number of aromatic nitrogens is 2. The van der Waals surface area contributed by atoms with Crippen LogP contribution < -0.4 is 11.1 Å². The second-order valence-electron chi connectivity index (χ2n) is 9.98. The quantitative estimate of drug-likeness (QED) is 0.270. The second kappa shape index (κ2) is 11.5. The van der Waals surface area contributed by atoms with Crippen LogP contribution in [0, 0.1) is 5.41 Å². The van der Waals surface area contributed by atoms with Gasteiger partial charge in [-0.1, -0.05) is 81.4 Å². The molecule has 188 valence electrons. The summed E-state index contributed by atoms with van der Waals surface area (Å²) in [6.07, 6.45) is 2.81. The predicted molar refractivity (Wildman–Crippen MR) is 149 cm³/mol. The fraction of sp³-hybridized carbons (Fsp3) is 0.310. The summed E-state index contributed by atoms with van der Waals surface area (Å²) in [5, 5.41) is 5.87. The van der Waals surface area contributed by atoms with Crippen LogP contribution in [0.2, 0.25) is 0 Å². The van der Waals surface area contributed by atoms with Crippen LogP contribution in [0.1, 0.15) is 44.6 Å². The van der Waals surface area contributed by atoms with Gasteiger partial charge in [-0.25, -0.2) is 9.78 Å². The van der Waals surface area contributed by atoms with E-state index in [9.17, 15) is 4.79 Å². The summed E-state index contributed by atoms with van der Waals surface area (Å²) in [5.41, 5.74) is 8.74. The summed E-state index contributed by atoms with van der Waals surface area (Å²) in [6, 6.07) is 24.0. The molecule has 3 N–H and O–H groups in total. The monoisotopic (exact) mass is 501 g/mol. The minimum absolute atomic E-state index is 0.138. The molecule has 36 heavy (non-hydrogen) atoms. The average Bonchev–Trinajstić information content (AvgIpc) is 3.52. The van der Waals surface area contributed by atoms with Gasteiger partial charge >= 0.3 is 6.03 Å². The first-order valence-electron chi connectivity index (χ1n) is 12.3. The van der Waals surface area contributed by atoms with Crippen molar-refractivity contribution in [1.29, 1.82) is 0 Å². The fourth-order valence-corrected chi connectivity index (χ4v) is 5.04. The number of hydrogen-bond acceptors (Lipinski definition) is 4. The number of rotatable bonds is 9. The highest BCUT2D eigenvalue weighted by Gasteiger charge is 2.38. The fourth-order valence-electron chi connectivity index (χ4n) is 4.43. The zero-order chi connectivity index (χ0) is 25.5. The van der Waals surface area contributed by atoms with Gasteiger partial charge in [-0.15, -0.1) is 11.3 Å². The zero-order valence-corrected chi connectivity index (χ0v) is 22.0. The average molecular weight is 502 g/mol. The maximum Gasteiger partial charge on any atom is 0.323 e. The molecular weight excluding hydrogens is 466 g/mol. The Kier molecular flexibility index (Phi) is 8.23. The largest absolute Gasteiger partial charge is 0.330 e. The highest BCUT2D eigenvalue weighted by atomic mass is 32.1. The van der Waals surface area contributed by atoms with Gasteiger partial charge in [-0.2, -0.15) is 0 Å². The van der Waals surface area contributed by atoms with Crippen LogP contribution in [-0.4, -0.2) is 33.6 Å². The lowest BCUT2D eigenvalue weighted by Gasteiger charge is -2.40. The van der Waals surface area contributed by atoms with Gasteiger partial charge in [-0.05, 0) is 41.5 Å². The minimum atomic E-state index is -0.283. The van der Waals surface area contributed by atoms with E-state index in [1.807, 2.05) is 58.8 Å². The van der Waals surface area contributed by atoms with E-state index in [2.05, 4.69) is 61.1 Å². The lowest BCUT2D eigenvalue weighted by atomic mass is 9.84. The lowest BCUT2D eigenvalue weighted by molar-refractivity contribution is 0.116. The number of carbonyl (C=O) groups is 1. The van der Waals surface area contributed by atoms with Crippen LogP contribution >= 0.6 is 11.3 Å². The van der Waals surface area contributed by atoms with Crippen molar-refractivity contribution < 1.29 is 4.79 Å². The molecule has 0 saturated heterocycles. The van der Waals surface area contributed by atoms with Crippen LogP contribution in [0.3, 0.4) is 0 Å². The molecule has 1 atom stereocenters. The lowest BCUT2D eigenvalue weighted by Crippen LogP contribution is -2.45. The molecule has 0 spiro atoms. The van der Waals surface area contributed by atoms with Gasteiger partial charge in [-0.3, -0.25) is 5.32 Å². The molecule has 6 nitrogen and oxygen atoms in total. The predicted octanol–water partition coefficient (Wildman–Crippen LogP) is 6.63. The summed E-state index contributed by atoms with van der Waals surface area (Å²) >= 11 is 1.51. The molecule has 4 aromatic rings. The first-order chi connectivity index (χ1) is 17.4. The van der Waals surface area contributed by atoms with Gasteiger partial charge in [0.1, 0.15) is 5.82 Å². The van der Waals surface area contributed by atoms with Gasteiger partial charge in [0.15, 0.2) is 0 Å². The third-order valence-corrected chi connectivity index (χ3v) is 6.85. The molecule has 0 fully saturated rings. The molecule has 2 aromatic carbocycles. The number of nitrogens with zero attached hydrogens (tertiary/aromatic N) is 3. The van der Waals surface area contributed by atoms with Crippen molar-refractivity contribution in [2.45, 2.75) is 39.8 Å².